The first-order valence-corrected chi connectivity index (χ1v) is 14.6. The quantitative estimate of drug-likeness (QED) is 0.107. The monoisotopic (exact) mass is 594 g/mol. The number of halogens is 5. The number of fused-ring (bicyclic) bond motifs is 1. The molecule has 230 valence electrons. The van der Waals surface area contributed by atoms with Gasteiger partial charge in [-0.25, -0.2) is 0 Å². The molecule has 0 aliphatic heterocycles. The molecule has 0 heterocycles. The molecular formula is C33H39F5O4. The van der Waals surface area contributed by atoms with E-state index in [4.69, 9.17) is 0 Å². The lowest BCUT2D eigenvalue weighted by Crippen LogP contribution is -2.36. The topological polar surface area (TPSA) is 77.8 Å². The number of rotatable bonds is 17. The zero-order chi connectivity index (χ0) is 30.8. The van der Waals surface area contributed by atoms with Gasteiger partial charge in [0.15, 0.2) is 0 Å². The molecule has 3 rings (SSSR count). The highest BCUT2D eigenvalue weighted by atomic mass is 19.4. The third kappa shape index (κ3) is 9.60. The molecule has 0 fully saturated rings. The summed E-state index contributed by atoms with van der Waals surface area (Å²) in [5.74, 6) is -6.42. The maximum absolute atomic E-state index is 13.1. The molecule has 4 nitrogen and oxygen atoms in total. The number of phenols is 2. The Morgan fingerprint density at radius 1 is 0.690 bits per heavy atom. The fraction of sp³-hybridized carbons (Fsp3) is 0.485. The Morgan fingerprint density at radius 3 is 1.88 bits per heavy atom. The SMILES string of the molecule is O=C(O)C(CCCCCCCCCCc1c(-c2ccc(O)cc2)ccc2cc(O)ccc12)CCCC(F)(F)C(F)(F)F. The lowest BCUT2D eigenvalue weighted by molar-refractivity contribution is -0.284. The second-order valence-corrected chi connectivity index (χ2v) is 11.0. The first kappa shape index (κ1) is 33.1. The number of phenolic OH excluding ortho intramolecular Hbond substituents is 2. The van der Waals surface area contributed by atoms with Gasteiger partial charge in [-0.3, -0.25) is 4.79 Å². The zero-order valence-corrected chi connectivity index (χ0v) is 23.6. The first-order valence-electron chi connectivity index (χ1n) is 14.6. The Bertz CT molecular complexity index is 1290. The number of aliphatic carboxylic acids is 1. The van der Waals surface area contributed by atoms with Crippen molar-refractivity contribution in [3.05, 3.63) is 60.2 Å². The lowest BCUT2D eigenvalue weighted by Gasteiger charge is -2.20. The van der Waals surface area contributed by atoms with Crippen LogP contribution in [0.2, 0.25) is 0 Å². The molecule has 0 amide bonds. The highest BCUT2D eigenvalue weighted by Crippen LogP contribution is 2.39. The van der Waals surface area contributed by atoms with Crippen molar-refractivity contribution in [1.29, 1.82) is 0 Å². The summed E-state index contributed by atoms with van der Waals surface area (Å²) < 4.78 is 63.0. The molecular weight excluding hydrogens is 555 g/mol. The molecule has 0 aromatic heterocycles. The van der Waals surface area contributed by atoms with E-state index in [9.17, 15) is 42.1 Å². The van der Waals surface area contributed by atoms with E-state index < -0.39 is 36.8 Å². The van der Waals surface area contributed by atoms with Gasteiger partial charge in [0.1, 0.15) is 11.5 Å². The van der Waals surface area contributed by atoms with E-state index in [2.05, 4.69) is 6.07 Å². The lowest BCUT2D eigenvalue weighted by atomic mass is 9.90. The number of carboxylic acids is 1. The van der Waals surface area contributed by atoms with Gasteiger partial charge in [-0.1, -0.05) is 75.3 Å². The van der Waals surface area contributed by atoms with Crippen LogP contribution in [0.4, 0.5) is 22.0 Å². The van der Waals surface area contributed by atoms with Gasteiger partial charge in [0.2, 0.25) is 0 Å². The second kappa shape index (κ2) is 15.2. The van der Waals surface area contributed by atoms with Gasteiger partial charge in [0.05, 0.1) is 5.92 Å². The second-order valence-electron chi connectivity index (χ2n) is 11.0. The third-order valence-electron chi connectivity index (χ3n) is 7.83. The summed E-state index contributed by atoms with van der Waals surface area (Å²) in [4.78, 5) is 11.4. The van der Waals surface area contributed by atoms with Gasteiger partial charge in [-0.2, -0.15) is 22.0 Å². The van der Waals surface area contributed by atoms with Gasteiger partial charge >= 0.3 is 18.1 Å². The van der Waals surface area contributed by atoms with Crippen molar-refractivity contribution in [2.75, 3.05) is 0 Å². The van der Waals surface area contributed by atoms with Crippen LogP contribution < -0.4 is 0 Å². The number of hydrogen-bond donors (Lipinski definition) is 3. The normalized spacial score (nSPS) is 13.0. The van der Waals surface area contributed by atoms with Crippen LogP contribution in [0.25, 0.3) is 21.9 Å². The van der Waals surface area contributed by atoms with E-state index in [1.807, 2.05) is 24.3 Å². The molecule has 9 heteroatoms. The Kier molecular flexibility index (Phi) is 12.0. The molecule has 0 bridgehead atoms. The number of benzene rings is 3. The molecule has 0 aliphatic rings. The Hall–Kier alpha value is -3.36. The molecule has 0 saturated heterocycles. The minimum Gasteiger partial charge on any atom is -0.508 e. The van der Waals surface area contributed by atoms with E-state index in [1.54, 1.807) is 24.3 Å². The third-order valence-corrected chi connectivity index (χ3v) is 7.83. The van der Waals surface area contributed by atoms with Crippen LogP contribution in [0.3, 0.4) is 0 Å². The fourth-order valence-electron chi connectivity index (χ4n) is 5.42. The van der Waals surface area contributed by atoms with Crippen molar-refractivity contribution in [1.82, 2.24) is 0 Å². The molecule has 3 N–H and O–H groups in total. The van der Waals surface area contributed by atoms with Gasteiger partial charge in [-0.05, 0) is 83.8 Å². The van der Waals surface area contributed by atoms with E-state index in [0.717, 1.165) is 73.3 Å². The minimum absolute atomic E-state index is 0.187. The molecule has 0 radical (unpaired) electrons. The minimum atomic E-state index is -5.61. The number of unbranched alkanes of at least 4 members (excludes halogenated alkanes) is 7. The summed E-state index contributed by atoms with van der Waals surface area (Å²) in [6.45, 7) is 0. The van der Waals surface area contributed by atoms with Gasteiger partial charge < -0.3 is 15.3 Å². The number of carboxylic acid groups (broad SMARTS) is 1. The van der Waals surface area contributed by atoms with Crippen LogP contribution in [0.1, 0.15) is 82.6 Å². The van der Waals surface area contributed by atoms with Crippen LogP contribution in [-0.2, 0) is 11.2 Å². The Morgan fingerprint density at radius 2 is 1.26 bits per heavy atom. The smallest absolute Gasteiger partial charge is 0.453 e. The summed E-state index contributed by atoms with van der Waals surface area (Å²) in [5.41, 5.74) is 3.32. The van der Waals surface area contributed by atoms with E-state index >= 15 is 0 Å². The number of aromatic hydroxyl groups is 2. The molecule has 42 heavy (non-hydrogen) atoms. The summed E-state index contributed by atoms with van der Waals surface area (Å²) in [5, 5.41) is 31.0. The number of carbonyl (C=O) groups is 1. The van der Waals surface area contributed by atoms with Crippen LogP contribution in [0.5, 0.6) is 11.5 Å². The molecule has 0 spiro atoms. The highest BCUT2D eigenvalue weighted by molar-refractivity contribution is 5.92. The molecule has 1 unspecified atom stereocenters. The largest absolute Gasteiger partial charge is 0.508 e. The van der Waals surface area contributed by atoms with Gasteiger partial charge in [0.25, 0.3) is 0 Å². The fourth-order valence-corrected chi connectivity index (χ4v) is 5.42. The standard InChI is InChI=1S/C33H39F5O4/c34-32(35,33(36,37)38)21-9-11-24(31(41)42)10-7-5-3-1-2-4-6-8-12-30-28(23-13-16-26(39)17-14-23)19-15-25-22-27(40)18-20-29(25)30/h13-20,22,24,39-40H,1-12,21H2,(H,41,42). The molecule has 3 aromatic carbocycles. The summed E-state index contributed by atoms with van der Waals surface area (Å²) in [6.07, 6.45) is 0.867. The Balaban J connectivity index is 1.38. The van der Waals surface area contributed by atoms with Crippen molar-refractivity contribution >= 4 is 16.7 Å². The van der Waals surface area contributed by atoms with Crippen molar-refractivity contribution in [2.45, 2.75) is 95.6 Å². The molecule has 0 aliphatic carbocycles. The number of aryl methyl sites for hydroxylation is 1. The predicted octanol–water partition coefficient (Wildman–Crippen LogP) is 10.0. The first-order chi connectivity index (χ1) is 19.9. The average molecular weight is 595 g/mol. The molecule has 0 saturated carbocycles. The molecule has 3 aromatic rings. The molecule has 1 atom stereocenters. The summed E-state index contributed by atoms with van der Waals surface area (Å²) >= 11 is 0. The predicted molar refractivity (Wildman–Crippen MR) is 154 cm³/mol. The van der Waals surface area contributed by atoms with Gasteiger partial charge in [0, 0.05) is 6.42 Å². The van der Waals surface area contributed by atoms with Crippen LogP contribution in [-0.4, -0.2) is 33.4 Å². The van der Waals surface area contributed by atoms with Crippen LogP contribution >= 0.6 is 0 Å². The maximum atomic E-state index is 13.1. The summed E-state index contributed by atoms with van der Waals surface area (Å²) in [7, 11) is 0. The van der Waals surface area contributed by atoms with Crippen molar-refractivity contribution < 1.29 is 42.1 Å². The number of hydrogen-bond acceptors (Lipinski definition) is 3. The zero-order valence-electron chi connectivity index (χ0n) is 23.6. The average Bonchev–Trinajstić information content (AvgIpc) is 2.92. The van der Waals surface area contributed by atoms with Crippen molar-refractivity contribution in [3.8, 4) is 22.6 Å². The van der Waals surface area contributed by atoms with Crippen LogP contribution in [0, 0.1) is 5.92 Å². The van der Waals surface area contributed by atoms with Gasteiger partial charge in [-0.15, -0.1) is 0 Å². The van der Waals surface area contributed by atoms with Crippen molar-refractivity contribution in [3.63, 3.8) is 0 Å². The highest BCUT2D eigenvalue weighted by Gasteiger charge is 2.56. The maximum Gasteiger partial charge on any atom is 0.453 e. The summed E-state index contributed by atoms with van der Waals surface area (Å²) in [6, 6.07) is 16.6. The van der Waals surface area contributed by atoms with E-state index in [-0.39, 0.29) is 24.3 Å². The Labute approximate surface area is 243 Å². The van der Waals surface area contributed by atoms with E-state index in [1.165, 1.54) is 5.56 Å². The van der Waals surface area contributed by atoms with E-state index in [0.29, 0.717) is 6.42 Å². The van der Waals surface area contributed by atoms with Crippen molar-refractivity contribution in [2.24, 2.45) is 5.92 Å². The number of alkyl halides is 5. The van der Waals surface area contributed by atoms with Crippen LogP contribution in [0.15, 0.2) is 54.6 Å².